The lowest BCUT2D eigenvalue weighted by atomic mass is 10.1. The Labute approximate surface area is 94.2 Å². The van der Waals surface area contributed by atoms with Crippen LogP contribution in [0.4, 0.5) is 0 Å². The second kappa shape index (κ2) is 4.66. The lowest BCUT2D eigenvalue weighted by molar-refractivity contribution is 0.103. The van der Waals surface area contributed by atoms with E-state index < -0.39 is 0 Å². The molecule has 2 heterocycles. The van der Waals surface area contributed by atoms with Crippen LogP contribution >= 0.6 is 0 Å². The second-order valence-electron chi connectivity index (χ2n) is 3.44. The van der Waals surface area contributed by atoms with Gasteiger partial charge in [0.25, 0.3) is 0 Å². The average molecular weight is 212 g/mol. The molecule has 0 unspecified atom stereocenters. The Morgan fingerprint density at radius 3 is 2.62 bits per heavy atom. The monoisotopic (exact) mass is 212 g/mol. The van der Waals surface area contributed by atoms with Crippen molar-refractivity contribution in [3.8, 4) is 0 Å². The summed E-state index contributed by atoms with van der Waals surface area (Å²) < 4.78 is 0. The predicted octanol–water partition coefficient (Wildman–Crippen LogP) is 2.27. The minimum Gasteiger partial charge on any atom is -0.287 e. The molecule has 16 heavy (non-hydrogen) atoms. The summed E-state index contributed by atoms with van der Waals surface area (Å²) in [5.74, 6) is -0.0873. The highest BCUT2D eigenvalue weighted by molar-refractivity contribution is 6.07. The molecule has 0 atom stereocenters. The van der Waals surface area contributed by atoms with Gasteiger partial charge in [-0.3, -0.25) is 14.8 Å². The standard InChI is InChI=1S/C13H12N2O/c1-2-11-7-6-10(9-15-11)13(16)12-5-3-4-8-14-12/h3-9H,2H2,1H3. The number of rotatable bonds is 3. The number of ketones is 1. The summed E-state index contributed by atoms with van der Waals surface area (Å²) in [6.07, 6.45) is 4.09. The molecule has 0 aliphatic heterocycles. The van der Waals surface area contributed by atoms with Crippen molar-refractivity contribution in [2.45, 2.75) is 13.3 Å². The van der Waals surface area contributed by atoms with E-state index in [2.05, 4.69) is 9.97 Å². The van der Waals surface area contributed by atoms with Crippen molar-refractivity contribution in [2.75, 3.05) is 0 Å². The van der Waals surface area contributed by atoms with Crippen LogP contribution in [0, 0.1) is 0 Å². The Morgan fingerprint density at radius 1 is 1.19 bits per heavy atom. The summed E-state index contributed by atoms with van der Waals surface area (Å²) in [6, 6.07) is 8.96. The smallest absolute Gasteiger partial charge is 0.212 e. The lowest BCUT2D eigenvalue weighted by Gasteiger charge is -2.00. The molecule has 0 radical (unpaired) electrons. The van der Waals surface area contributed by atoms with Gasteiger partial charge in [-0.2, -0.15) is 0 Å². The fraction of sp³-hybridized carbons (Fsp3) is 0.154. The molecule has 0 amide bonds. The van der Waals surface area contributed by atoms with Crippen molar-refractivity contribution in [1.29, 1.82) is 0 Å². The molecule has 3 heteroatoms. The Kier molecular flexibility index (Phi) is 3.05. The molecule has 0 saturated carbocycles. The topological polar surface area (TPSA) is 42.9 Å². The maximum Gasteiger partial charge on any atom is 0.212 e. The van der Waals surface area contributed by atoms with Crippen LogP contribution in [-0.2, 0) is 6.42 Å². The Hall–Kier alpha value is -2.03. The molecule has 0 spiro atoms. The third-order valence-electron chi connectivity index (χ3n) is 2.35. The number of nitrogens with zero attached hydrogens (tertiary/aromatic N) is 2. The molecule has 2 aromatic rings. The van der Waals surface area contributed by atoms with E-state index in [9.17, 15) is 4.79 Å². The molecule has 0 aliphatic carbocycles. The van der Waals surface area contributed by atoms with Gasteiger partial charge in [-0.25, -0.2) is 0 Å². The van der Waals surface area contributed by atoms with E-state index in [0.29, 0.717) is 11.3 Å². The van der Waals surface area contributed by atoms with Crippen LogP contribution in [0.1, 0.15) is 28.7 Å². The first-order valence-corrected chi connectivity index (χ1v) is 5.22. The van der Waals surface area contributed by atoms with Crippen molar-refractivity contribution in [3.63, 3.8) is 0 Å². The van der Waals surface area contributed by atoms with Gasteiger partial charge in [-0.05, 0) is 30.7 Å². The van der Waals surface area contributed by atoms with Gasteiger partial charge in [-0.1, -0.05) is 13.0 Å². The number of carbonyl (C=O) groups is 1. The molecule has 0 fully saturated rings. The molecule has 2 aromatic heterocycles. The van der Waals surface area contributed by atoms with Crippen LogP contribution in [0.25, 0.3) is 0 Å². The number of aryl methyl sites for hydroxylation is 1. The minimum absolute atomic E-state index is 0.0873. The summed E-state index contributed by atoms with van der Waals surface area (Å²) in [6.45, 7) is 2.03. The fourth-order valence-corrected chi connectivity index (χ4v) is 1.41. The molecule has 80 valence electrons. The molecule has 0 saturated heterocycles. The molecule has 3 nitrogen and oxygen atoms in total. The van der Waals surface area contributed by atoms with E-state index in [1.165, 1.54) is 0 Å². The third kappa shape index (κ3) is 2.14. The average Bonchev–Trinajstić information content (AvgIpc) is 2.39. The van der Waals surface area contributed by atoms with Crippen molar-refractivity contribution < 1.29 is 4.79 Å². The summed E-state index contributed by atoms with van der Waals surface area (Å²) in [5.41, 5.74) is 2.02. The van der Waals surface area contributed by atoms with Gasteiger partial charge in [-0.15, -0.1) is 0 Å². The van der Waals surface area contributed by atoms with E-state index in [4.69, 9.17) is 0 Å². The third-order valence-corrected chi connectivity index (χ3v) is 2.35. The molecular formula is C13H12N2O. The zero-order valence-electron chi connectivity index (χ0n) is 9.05. The van der Waals surface area contributed by atoms with E-state index >= 15 is 0 Å². The van der Waals surface area contributed by atoms with E-state index in [1.807, 2.05) is 13.0 Å². The number of carbonyl (C=O) groups excluding carboxylic acids is 1. The van der Waals surface area contributed by atoms with Crippen molar-refractivity contribution in [1.82, 2.24) is 9.97 Å². The van der Waals surface area contributed by atoms with E-state index in [-0.39, 0.29) is 5.78 Å². The summed E-state index contributed by atoms with van der Waals surface area (Å²) in [7, 11) is 0. The number of hydrogen-bond donors (Lipinski definition) is 0. The first-order valence-electron chi connectivity index (χ1n) is 5.22. The second-order valence-corrected chi connectivity index (χ2v) is 3.44. The highest BCUT2D eigenvalue weighted by Crippen LogP contribution is 2.07. The lowest BCUT2D eigenvalue weighted by Crippen LogP contribution is -2.04. The predicted molar refractivity (Wildman–Crippen MR) is 61.3 cm³/mol. The highest BCUT2D eigenvalue weighted by atomic mass is 16.1. The van der Waals surface area contributed by atoms with E-state index in [0.717, 1.165) is 12.1 Å². The first-order chi connectivity index (χ1) is 7.81. The molecule has 0 aliphatic rings. The quantitative estimate of drug-likeness (QED) is 0.733. The largest absolute Gasteiger partial charge is 0.287 e. The van der Waals surface area contributed by atoms with Crippen LogP contribution in [0.3, 0.4) is 0 Å². The van der Waals surface area contributed by atoms with Crippen LogP contribution in [0.2, 0.25) is 0 Å². The fourth-order valence-electron chi connectivity index (χ4n) is 1.41. The maximum absolute atomic E-state index is 11.9. The van der Waals surface area contributed by atoms with Gasteiger partial charge in [0.15, 0.2) is 0 Å². The molecule has 2 rings (SSSR count). The van der Waals surface area contributed by atoms with Gasteiger partial charge >= 0.3 is 0 Å². The van der Waals surface area contributed by atoms with Crippen molar-refractivity contribution in [3.05, 3.63) is 59.7 Å². The first kappa shape index (κ1) is 10.5. The van der Waals surface area contributed by atoms with Gasteiger partial charge in [0.05, 0.1) is 0 Å². The maximum atomic E-state index is 11.9. The number of aromatic nitrogens is 2. The van der Waals surface area contributed by atoms with Crippen LogP contribution in [0.5, 0.6) is 0 Å². The van der Waals surface area contributed by atoms with Gasteiger partial charge < -0.3 is 0 Å². The van der Waals surface area contributed by atoms with Gasteiger partial charge in [0, 0.05) is 23.7 Å². The Balaban J connectivity index is 2.28. The van der Waals surface area contributed by atoms with E-state index in [1.54, 1.807) is 36.7 Å². The van der Waals surface area contributed by atoms with Crippen LogP contribution < -0.4 is 0 Å². The minimum atomic E-state index is -0.0873. The molecule has 0 bridgehead atoms. The van der Waals surface area contributed by atoms with Crippen molar-refractivity contribution in [2.24, 2.45) is 0 Å². The number of hydrogen-bond acceptors (Lipinski definition) is 3. The molecular weight excluding hydrogens is 200 g/mol. The highest BCUT2D eigenvalue weighted by Gasteiger charge is 2.09. The summed E-state index contributed by atoms with van der Waals surface area (Å²) in [4.78, 5) is 20.2. The Bertz CT molecular complexity index is 477. The normalized spacial score (nSPS) is 10.1. The van der Waals surface area contributed by atoms with Crippen LogP contribution in [0.15, 0.2) is 42.7 Å². The number of pyridine rings is 2. The Morgan fingerprint density at radius 2 is 2.06 bits per heavy atom. The van der Waals surface area contributed by atoms with Crippen molar-refractivity contribution >= 4 is 5.78 Å². The molecule has 0 aromatic carbocycles. The molecule has 0 N–H and O–H groups in total. The SMILES string of the molecule is CCc1ccc(C(=O)c2ccccn2)cn1. The van der Waals surface area contributed by atoms with Crippen LogP contribution in [-0.4, -0.2) is 15.8 Å². The summed E-state index contributed by atoms with van der Waals surface area (Å²) in [5, 5.41) is 0. The summed E-state index contributed by atoms with van der Waals surface area (Å²) >= 11 is 0. The zero-order valence-corrected chi connectivity index (χ0v) is 9.05. The van der Waals surface area contributed by atoms with Gasteiger partial charge in [0.2, 0.25) is 5.78 Å². The zero-order chi connectivity index (χ0) is 11.4. The van der Waals surface area contributed by atoms with Gasteiger partial charge in [0.1, 0.15) is 5.69 Å².